The van der Waals surface area contributed by atoms with Gasteiger partial charge in [0.2, 0.25) is 5.13 Å². The number of aromatic nitrogens is 2. The molecular formula is C21H30N6O3S. The molecule has 31 heavy (non-hydrogen) atoms. The minimum absolute atomic E-state index is 0.403. The van der Waals surface area contributed by atoms with Gasteiger partial charge in [-0.2, -0.15) is 4.37 Å². The number of hydrogen-bond acceptors (Lipinski definition) is 8. The van der Waals surface area contributed by atoms with Gasteiger partial charge < -0.3 is 24.6 Å². The van der Waals surface area contributed by atoms with Gasteiger partial charge in [-0.15, -0.1) is 0 Å². The SMILES string of the molecule is CCNC(=NCc1ccc(OC)c(C(=O)OC)c1)N1CCN(c2nc(CC)ns2)CC1. The second-order valence-electron chi connectivity index (χ2n) is 7.02. The number of esters is 1. The van der Waals surface area contributed by atoms with Crippen molar-refractivity contribution in [3.05, 3.63) is 35.2 Å². The number of ether oxygens (including phenoxy) is 2. The van der Waals surface area contributed by atoms with Crippen molar-refractivity contribution in [3.8, 4) is 5.75 Å². The first-order chi connectivity index (χ1) is 15.1. The molecule has 0 bridgehead atoms. The average molecular weight is 447 g/mol. The lowest BCUT2D eigenvalue weighted by molar-refractivity contribution is 0.0597. The van der Waals surface area contributed by atoms with Crippen LogP contribution in [0.2, 0.25) is 0 Å². The maximum absolute atomic E-state index is 12.0. The van der Waals surface area contributed by atoms with Crippen molar-refractivity contribution in [2.24, 2.45) is 4.99 Å². The molecular weight excluding hydrogens is 416 g/mol. The molecule has 0 radical (unpaired) electrons. The average Bonchev–Trinajstić information content (AvgIpc) is 3.30. The largest absolute Gasteiger partial charge is 0.496 e. The predicted molar refractivity (Wildman–Crippen MR) is 122 cm³/mol. The van der Waals surface area contributed by atoms with Gasteiger partial charge in [0.1, 0.15) is 17.1 Å². The third kappa shape index (κ3) is 5.63. The van der Waals surface area contributed by atoms with Crippen molar-refractivity contribution < 1.29 is 14.3 Å². The Hall–Kier alpha value is -2.88. The van der Waals surface area contributed by atoms with Crippen LogP contribution in [0.25, 0.3) is 0 Å². The van der Waals surface area contributed by atoms with E-state index in [4.69, 9.17) is 14.5 Å². The third-order valence-electron chi connectivity index (χ3n) is 5.04. The molecule has 1 aliphatic rings. The minimum Gasteiger partial charge on any atom is -0.496 e. The van der Waals surface area contributed by atoms with Crippen molar-refractivity contribution in [2.75, 3.05) is 51.8 Å². The number of benzene rings is 1. The van der Waals surface area contributed by atoms with E-state index in [2.05, 4.69) is 38.3 Å². The molecule has 0 spiro atoms. The van der Waals surface area contributed by atoms with E-state index in [-0.39, 0.29) is 0 Å². The Balaban J connectivity index is 1.67. The Labute approximate surface area is 187 Å². The van der Waals surface area contributed by atoms with E-state index >= 15 is 0 Å². The van der Waals surface area contributed by atoms with Crippen LogP contribution in [-0.4, -0.2) is 73.1 Å². The number of aryl methyl sites for hydroxylation is 1. The highest BCUT2D eigenvalue weighted by atomic mass is 32.1. The summed E-state index contributed by atoms with van der Waals surface area (Å²) in [6, 6.07) is 5.46. The molecule has 0 aliphatic carbocycles. The summed E-state index contributed by atoms with van der Waals surface area (Å²) in [4.78, 5) is 26.0. The van der Waals surface area contributed by atoms with Crippen molar-refractivity contribution in [1.29, 1.82) is 0 Å². The summed E-state index contributed by atoms with van der Waals surface area (Å²) < 4.78 is 14.5. The lowest BCUT2D eigenvalue weighted by Gasteiger charge is -2.36. The van der Waals surface area contributed by atoms with Gasteiger partial charge in [0.15, 0.2) is 5.96 Å². The lowest BCUT2D eigenvalue weighted by atomic mass is 10.1. The van der Waals surface area contributed by atoms with Crippen LogP contribution in [0.1, 0.15) is 35.6 Å². The summed E-state index contributed by atoms with van der Waals surface area (Å²) in [7, 11) is 2.90. The molecule has 1 N–H and O–H groups in total. The zero-order valence-corrected chi connectivity index (χ0v) is 19.4. The molecule has 0 atom stereocenters. The van der Waals surface area contributed by atoms with E-state index < -0.39 is 5.97 Å². The number of rotatable bonds is 7. The van der Waals surface area contributed by atoms with Crippen molar-refractivity contribution in [1.82, 2.24) is 19.6 Å². The fourth-order valence-electron chi connectivity index (χ4n) is 3.34. The maximum Gasteiger partial charge on any atom is 0.341 e. The highest BCUT2D eigenvalue weighted by Gasteiger charge is 2.22. The highest BCUT2D eigenvalue weighted by Crippen LogP contribution is 2.22. The molecule has 3 rings (SSSR count). The van der Waals surface area contributed by atoms with E-state index in [0.717, 1.165) is 61.6 Å². The number of guanidine groups is 1. The molecule has 10 heteroatoms. The Morgan fingerprint density at radius 2 is 2.00 bits per heavy atom. The zero-order chi connectivity index (χ0) is 22.2. The molecule has 1 aliphatic heterocycles. The van der Waals surface area contributed by atoms with E-state index in [1.807, 2.05) is 6.07 Å². The first-order valence-electron chi connectivity index (χ1n) is 10.5. The number of nitrogens with one attached hydrogen (secondary N) is 1. The van der Waals surface area contributed by atoms with E-state index in [1.165, 1.54) is 25.8 Å². The first kappa shape index (κ1) is 22.8. The van der Waals surface area contributed by atoms with Gasteiger partial charge in [0.25, 0.3) is 0 Å². The quantitative estimate of drug-likeness (QED) is 0.393. The fourth-order valence-corrected chi connectivity index (χ4v) is 4.14. The minimum atomic E-state index is -0.423. The number of piperazine rings is 1. The van der Waals surface area contributed by atoms with Gasteiger partial charge in [-0.05, 0) is 24.6 Å². The Bertz CT molecular complexity index is 908. The number of nitrogens with zero attached hydrogens (tertiary/aromatic N) is 5. The predicted octanol–water partition coefficient (Wildman–Crippen LogP) is 2.18. The standard InChI is InChI=1S/C21H30N6O3S/c1-5-18-24-21(31-25-18)27-11-9-26(10-12-27)20(22-6-2)23-14-15-7-8-17(29-3)16(13-15)19(28)30-4/h7-8,13H,5-6,9-12,14H2,1-4H3,(H,22,23). The molecule has 9 nitrogen and oxygen atoms in total. The topological polar surface area (TPSA) is 92.2 Å². The number of hydrogen-bond donors (Lipinski definition) is 1. The lowest BCUT2D eigenvalue weighted by Crippen LogP contribution is -2.52. The van der Waals surface area contributed by atoms with Gasteiger partial charge in [0.05, 0.1) is 20.8 Å². The molecule has 2 aromatic rings. The molecule has 168 valence electrons. The number of anilines is 1. The summed E-state index contributed by atoms with van der Waals surface area (Å²) in [5.41, 5.74) is 1.32. The Kier molecular flexibility index (Phi) is 8.05. The molecule has 1 aromatic heterocycles. The first-order valence-corrected chi connectivity index (χ1v) is 11.2. The zero-order valence-electron chi connectivity index (χ0n) is 18.6. The fraction of sp³-hybridized carbons (Fsp3) is 0.524. The molecule has 0 saturated carbocycles. The molecule has 2 heterocycles. The summed E-state index contributed by atoms with van der Waals surface area (Å²) in [5.74, 6) is 1.84. The van der Waals surface area contributed by atoms with E-state index in [0.29, 0.717) is 17.9 Å². The molecule has 0 unspecified atom stereocenters. The third-order valence-corrected chi connectivity index (χ3v) is 5.85. The summed E-state index contributed by atoms with van der Waals surface area (Å²) in [5, 5.41) is 4.37. The van der Waals surface area contributed by atoms with Gasteiger partial charge in [-0.3, -0.25) is 0 Å². The van der Waals surface area contributed by atoms with Crippen LogP contribution in [0, 0.1) is 0 Å². The summed E-state index contributed by atoms with van der Waals surface area (Å²) in [6.07, 6.45) is 0.858. The van der Waals surface area contributed by atoms with Crippen molar-refractivity contribution in [3.63, 3.8) is 0 Å². The van der Waals surface area contributed by atoms with Crippen LogP contribution >= 0.6 is 11.5 Å². The van der Waals surface area contributed by atoms with Gasteiger partial charge in [0, 0.05) is 50.7 Å². The van der Waals surface area contributed by atoms with Crippen molar-refractivity contribution in [2.45, 2.75) is 26.8 Å². The normalized spacial score (nSPS) is 14.5. The van der Waals surface area contributed by atoms with Gasteiger partial charge in [-0.1, -0.05) is 13.0 Å². The van der Waals surface area contributed by atoms with Crippen LogP contribution < -0.4 is 15.0 Å². The number of aliphatic imine (C=N–C) groups is 1. The monoisotopic (exact) mass is 446 g/mol. The van der Waals surface area contributed by atoms with Crippen LogP contribution in [0.15, 0.2) is 23.2 Å². The van der Waals surface area contributed by atoms with Crippen LogP contribution in [-0.2, 0) is 17.7 Å². The van der Waals surface area contributed by atoms with Crippen LogP contribution in [0.4, 0.5) is 5.13 Å². The number of carbonyl (C=O) groups excluding carboxylic acids is 1. The molecule has 0 amide bonds. The van der Waals surface area contributed by atoms with Gasteiger partial charge >= 0.3 is 5.97 Å². The van der Waals surface area contributed by atoms with E-state index in [9.17, 15) is 4.79 Å². The van der Waals surface area contributed by atoms with Crippen LogP contribution in [0.3, 0.4) is 0 Å². The molecule has 1 aromatic carbocycles. The van der Waals surface area contributed by atoms with Crippen LogP contribution in [0.5, 0.6) is 5.75 Å². The Morgan fingerprint density at radius 3 is 2.61 bits per heavy atom. The van der Waals surface area contributed by atoms with Crippen molar-refractivity contribution >= 4 is 28.6 Å². The summed E-state index contributed by atoms with van der Waals surface area (Å²) in [6.45, 7) is 8.81. The molecule has 1 fully saturated rings. The second kappa shape index (κ2) is 10.9. The Morgan fingerprint density at radius 1 is 1.23 bits per heavy atom. The van der Waals surface area contributed by atoms with Gasteiger partial charge in [-0.25, -0.2) is 14.8 Å². The smallest absolute Gasteiger partial charge is 0.341 e. The summed E-state index contributed by atoms with van der Waals surface area (Å²) >= 11 is 1.47. The maximum atomic E-state index is 12.0. The highest BCUT2D eigenvalue weighted by molar-refractivity contribution is 7.09. The van der Waals surface area contributed by atoms with E-state index in [1.54, 1.807) is 12.1 Å². The number of methoxy groups -OCH3 is 2. The second-order valence-corrected chi connectivity index (χ2v) is 7.75. The molecule has 1 saturated heterocycles. The number of carbonyl (C=O) groups is 1.